The third-order valence-corrected chi connectivity index (χ3v) is 5.50. The van der Waals surface area contributed by atoms with Crippen LogP contribution in [0.3, 0.4) is 0 Å². The molecule has 0 saturated carbocycles. The van der Waals surface area contributed by atoms with Crippen LogP contribution in [0.15, 0.2) is 71.7 Å². The predicted octanol–water partition coefficient (Wildman–Crippen LogP) is 6.95. The molecule has 1 aromatic heterocycles. The van der Waals surface area contributed by atoms with E-state index in [0.29, 0.717) is 0 Å². The monoisotopic (exact) mass is 424 g/mol. The fraction of sp³-hybridized carbons (Fsp3) is 0.154. The number of non-ortho nitro benzene ring substituents is 1. The van der Waals surface area contributed by atoms with E-state index < -0.39 is 4.92 Å². The number of para-hydroxylation sites is 2. The molecular formula is C26H24N4O2. The minimum atomic E-state index is -0.400. The fourth-order valence-electron chi connectivity index (χ4n) is 3.92. The Morgan fingerprint density at radius 3 is 2.25 bits per heavy atom. The van der Waals surface area contributed by atoms with Gasteiger partial charge in [-0.3, -0.25) is 20.1 Å². The molecule has 0 radical (unpaired) electrons. The highest BCUT2D eigenvalue weighted by atomic mass is 16.6. The number of nitrogens with one attached hydrogen (secondary N) is 1. The molecule has 0 fully saturated rings. The van der Waals surface area contributed by atoms with Crippen molar-refractivity contribution in [2.45, 2.75) is 27.7 Å². The smallest absolute Gasteiger partial charge is 0.269 e. The van der Waals surface area contributed by atoms with Crippen LogP contribution in [-0.2, 0) is 0 Å². The Kier molecular flexibility index (Phi) is 5.69. The number of rotatable bonds is 5. The van der Waals surface area contributed by atoms with Gasteiger partial charge in [0.25, 0.3) is 5.69 Å². The first-order valence-corrected chi connectivity index (χ1v) is 10.4. The molecule has 0 aliphatic rings. The maximum Gasteiger partial charge on any atom is 0.269 e. The Morgan fingerprint density at radius 1 is 0.938 bits per heavy atom. The van der Waals surface area contributed by atoms with Crippen LogP contribution < -0.4 is 5.32 Å². The summed E-state index contributed by atoms with van der Waals surface area (Å²) in [6, 6.07) is 20.5. The average Bonchev–Trinajstić information content (AvgIpc) is 2.76. The number of hydrogen-bond acceptors (Lipinski definition) is 5. The number of nitro benzene ring substituents is 1. The van der Waals surface area contributed by atoms with Gasteiger partial charge in [0.2, 0.25) is 0 Å². The van der Waals surface area contributed by atoms with Gasteiger partial charge in [0.1, 0.15) is 0 Å². The van der Waals surface area contributed by atoms with Crippen LogP contribution >= 0.6 is 0 Å². The lowest BCUT2D eigenvalue weighted by Crippen LogP contribution is -2.07. The number of benzene rings is 3. The standard InChI is InChI=1S/C26H24N4O2/c1-16-8-7-9-17(2)25(16)28-19(4)24-18(3)27-23-11-6-5-10-22(23)26(24)29-20-12-14-21(15-13-20)30(31)32/h5-15H,1-4H3,(H,27,29). The van der Waals surface area contributed by atoms with Gasteiger partial charge in [-0.05, 0) is 57.0 Å². The molecule has 4 aromatic rings. The minimum Gasteiger partial charge on any atom is -0.354 e. The van der Waals surface area contributed by atoms with Gasteiger partial charge in [-0.25, -0.2) is 0 Å². The van der Waals surface area contributed by atoms with E-state index in [-0.39, 0.29) is 5.69 Å². The van der Waals surface area contributed by atoms with Gasteiger partial charge in [-0.1, -0.05) is 36.4 Å². The van der Waals surface area contributed by atoms with Crippen molar-refractivity contribution in [1.29, 1.82) is 0 Å². The third kappa shape index (κ3) is 4.07. The summed E-state index contributed by atoms with van der Waals surface area (Å²) >= 11 is 0. The second-order valence-corrected chi connectivity index (χ2v) is 7.83. The van der Waals surface area contributed by atoms with Crippen LogP contribution in [0.25, 0.3) is 10.9 Å². The molecule has 6 nitrogen and oxygen atoms in total. The first kappa shape index (κ1) is 21.2. The Bertz CT molecular complexity index is 1340. The molecule has 0 bridgehead atoms. The summed E-state index contributed by atoms with van der Waals surface area (Å²) < 4.78 is 0. The molecule has 0 amide bonds. The second kappa shape index (κ2) is 8.59. The third-order valence-electron chi connectivity index (χ3n) is 5.50. The van der Waals surface area contributed by atoms with Crippen molar-refractivity contribution in [1.82, 2.24) is 4.98 Å². The van der Waals surface area contributed by atoms with Crippen molar-refractivity contribution in [3.8, 4) is 0 Å². The summed E-state index contributed by atoms with van der Waals surface area (Å²) in [5.74, 6) is 0. The average molecular weight is 425 g/mol. The largest absolute Gasteiger partial charge is 0.354 e. The molecule has 1 heterocycles. The van der Waals surface area contributed by atoms with Gasteiger partial charge >= 0.3 is 0 Å². The fourth-order valence-corrected chi connectivity index (χ4v) is 3.92. The zero-order chi connectivity index (χ0) is 22.8. The van der Waals surface area contributed by atoms with Crippen molar-refractivity contribution in [2.75, 3.05) is 5.32 Å². The van der Waals surface area contributed by atoms with Gasteiger partial charge in [-0.2, -0.15) is 0 Å². The zero-order valence-electron chi connectivity index (χ0n) is 18.5. The van der Waals surface area contributed by atoms with Gasteiger partial charge < -0.3 is 5.32 Å². The van der Waals surface area contributed by atoms with Gasteiger partial charge in [0, 0.05) is 40.2 Å². The van der Waals surface area contributed by atoms with E-state index in [1.807, 2.05) is 44.2 Å². The number of nitro groups is 1. The van der Waals surface area contributed by atoms with Crippen molar-refractivity contribution in [3.63, 3.8) is 0 Å². The number of fused-ring (bicyclic) bond motifs is 1. The summed E-state index contributed by atoms with van der Waals surface area (Å²) in [5.41, 5.74) is 8.38. The first-order valence-electron chi connectivity index (χ1n) is 10.4. The van der Waals surface area contributed by atoms with Crippen LogP contribution in [0.5, 0.6) is 0 Å². The molecular weight excluding hydrogens is 400 g/mol. The highest BCUT2D eigenvalue weighted by molar-refractivity contribution is 6.12. The Labute approximate surface area is 186 Å². The molecule has 0 unspecified atom stereocenters. The summed E-state index contributed by atoms with van der Waals surface area (Å²) in [6.07, 6.45) is 0. The Hall–Kier alpha value is -4.06. The lowest BCUT2D eigenvalue weighted by atomic mass is 10.0. The molecule has 0 aliphatic carbocycles. The molecule has 4 rings (SSSR count). The van der Waals surface area contributed by atoms with Crippen molar-refractivity contribution >= 4 is 39.4 Å². The molecule has 0 aliphatic heterocycles. The SMILES string of the molecule is CC(=Nc1c(C)cccc1C)c1c(C)nc2ccccc2c1Nc1ccc([N+](=O)[O-])cc1. The van der Waals surface area contributed by atoms with Crippen LogP contribution in [0.2, 0.25) is 0 Å². The maximum absolute atomic E-state index is 11.0. The number of nitrogens with zero attached hydrogens (tertiary/aromatic N) is 3. The number of aryl methyl sites for hydroxylation is 3. The van der Waals surface area contributed by atoms with E-state index in [4.69, 9.17) is 9.98 Å². The highest BCUT2D eigenvalue weighted by Gasteiger charge is 2.17. The lowest BCUT2D eigenvalue weighted by Gasteiger charge is -2.18. The number of anilines is 2. The van der Waals surface area contributed by atoms with Crippen LogP contribution in [0.1, 0.15) is 29.3 Å². The molecule has 6 heteroatoms. The molecule has 3 aromatic carbocycles. The molecule has 160 valence electrons. The maximum atomic E-state index is 11.0. The molecule has 32 heavy (non-hydrogen) atoms. The van der Waals surface area contributed by atoms with Crippen molar-refractivity contribution in [3.05, 3.63) is 99.2 Å². The summed E-state index contributed by atoms with van der Waals surface area (Å²) in [7, 11) is 0. The number of aromatic nitrogens is 1. The van der Waals surface area contributed by atoms with E-state index in [0.717, 1.165) is 56.1 Å². The number of pyridine rings is 1. The summed E-state index contributed by atoms with van der Waals surface area (Å²) in [4.78, 5) is 20.4. The molecule has 0 atom stereocenters. The van der Waals surface area contributed by atoms with E-state index in [1.54, 1.807) is 12.1 Å². The topological polar surface area (TPSA) is 80.4 Å². The Balaban J connectivity index is 1.89. The van der Waals surface area contributed by atoms with Gasteiger partial charge in [0.15, 0.2) is 0 Å². The summed E-state index contributed by atoms with van der Waals surface area (Å²) in [5, 5.41) is 15.5. The molecule has 0 spiro atoms. The quantitative estimate of drug-likeness (QED) is 0.213. The predicted molar refractivity (Wildman–Crippen MR) is 131 cm³/mol. The van der Waals surface area contributed by atoms with E-state index in [2.05, 4.69) is 31.3 Å². The molecule has 0 saturated heterocycles. The van der Waals surface area contributed by atoms with Crippen molar-refractivity contribution in [2.24, 2.45) is 4.99 Å². The lowest BCUT2D eigenvalue weighted by molar-refractivity contribution is -0.384. The zero-order valence-corrected chi connectivity index (χ0v) is 18.5. The van der Waals surface area contributed by atoms with Gasteiger partial charge in [-0.15, -0.1) is 0 Å². The Morgan fingerprint density at radius 2 is 1.59 bits per heavy atom. The normalized spacial score (nSPS) is 11.6. The second-order valence-electron chi connectivity index (χ2n) is 7.83. The van der Waals surface area contributed by atoms with Crippen molar-refractivity contribution < 1.29 is 4.92 Å². The highest BCUT2D eigenvalue weighted by Crippen LogP contribution is 2.33. The van der Waals surface area contributed by atoms with E-state index in [9.17, 15) is 10.1 Å². The van der Waals surface area contributed by atoms with Crippen LogP contribution in [0, 0.1) is 30.9 Å². The first-order chi connectivity index (χ1) is 15.3. The van der Waals surface area contributed by atoms with Crippen LogP contribution in [0.4, 0.5) is 22.7 Å². The van der Waals surface area contributed by atoms with E-state index >= 15 is 0 Å². The van der Waals surface area contributed by atoms with Gasteiger partial charge in [0.05, 0.1) is 21.8 Å². The summed E-state index contributed by atoms with van der Waals surface area (Å²) in [6.45, 7) is 8.08. The number of aliphatic imine (C=N–C) groups is 1. The molecule has 1 N–H and O–H groups in total. The minimum absolute atomic E-state index is 0.0549. The van der Waals surface area contributed by atoms with E-state index in [1.165, 1.54) is 12.1 Å². The van der Waals surface area contributed by atoms with Crippen LogP contribution in [-0.4, -0.2) is 15.6 Å². The number of hydrogen-bond donors (Lipinski definition) is 1.